The Morgan fingerprint density at radius 3 is 2.00 bits per heavy atom. The van der Waals surface area contributed by atoms with Gasteiger partial charge in [-0.2, -0.15) is 0 Å². The lowest BCUT2D eigenvalue weighted by molar-refractivity contribution is 0.934. The van der Waals surface area contributed by atoms with Crippen LogP contribution in [0.4, 0.5) is 0 Å². The van der Waals surface area contributed by atoms with Crippen molar-refractivity contribution in [1.82, 2.24) is 0 Å². The third-order valence-corrected chi connectivity index (χ3v) is 3.92. The highest BCUT2D eigenvalue weighted by atomic mass is 14.2. The smallest absolute Gasteiger partial charge is 0.00697 e. The van der Waals surface area contributed by atoms with Gasteiger partial charge < -0.3 is 0 Å². The molecule has 0 heterocycles. The number of rotatable bonds is 7. The Balaban J connectivity index is 3.74. The summed E-state index contributed by atoms with van der Waals surface area (Å²) in [6, 6.07) is 0. The maximum atomic E-state index is 3.89. The van der Waals surface area contributed by atoms with Crippen LogP contribution in [0.25, 0.3) is 0 Å². The molecule has 0 N–H and O–H groups in total. The van der Waals surface area contributed by atoms with Gasteiger partial charge in [0.25, 0.3) is 0 Å². The molecule has 0 fully saturated rings. The SMILES string of the molecule is C=C/C=C(\C=C/C)C(=C(C)C1=CC(C)C=CC=C1)C(/C=C\C)=C/C=C. The molecule has 1 aliphatic carbocycles. The quantitative estimate of drug-likeness (QED) is 0.427. The maximum Gasteiger partial charge on any atom is -0.00697 e. The lowest BCUT2D eigenvalue weighted by Crippen LogP contribution is -1.99. The lowest BCUT2D eigenvalue weighted by atomic mass is 9.87. The summed E-state index contributed by atoms with van der Waals surface area (Å²) in [6.07, 6.45) is 27.1. The molecule has 25 heavy (non-hydrogen) atoms. The van der Waals surface area contributed by atoms with Crippen molar-refractivity contribution in [3.05, 3.63) is 120 Å². The van der Waals surface area contributed by atoms with Gasteiger partial charge in [-0.15, -0.1) is 0 Å². The maximum absolute atomic E-state index is 3.89. The summed E-state index contributed by atoms with van der Waals surface area (Å²) in [5.41, 5.74) is 5.96. The first-order chi connectivity index (χ1) is 12.1. The highest BCUT2D eigenvalue weighted by Gasteiger charge is 2.13. The minimum atomic E-state index is 0.406. The van der Waals surface area contributed by atoms with Crippen LogP contribution in [0.3, 0.4) is 0 Å². The van der Waals surface area contributed by atoms with Crippen molar-refractivity contribution >= 4 is 0 Å². The summed E-state index contributed by atoms with van der Waals surface area (Å²) < 4.78 is 0. The van der Waals surface area contributed by atoms with Crippen molar-refractivity contribution in [2.75, 3.05) is 0 Å². The van der Waals surface area contributed by atoms with Gasteiger partial charge in [-0.25, -0.2) is 0 Å². The normalized spacial score (nSPS) is 18.4. The van der Waals surface area contributed by atoms with Crippen LogP contribution in [0, 0.1) is 5.92 Å². The zero-order valence-electron chi connectivity index (χ0n) is 16.0. The predicted molar refractivity (Wildman–Crippen MR) is 114 cm³/mol. The van der Waals surface area contributed by atoms with E-state index in [1.54, 1.807) is 0 Å². The highest BCUT2D eigenvalue weighted by molar-refractivity contribution is 5.64. The molecule has 0 heteroatoms. The molecule has 0 aromatic rings. The zero-order chi connectivity index (χ0) is 18.7. The van der Waals surface area contributed by atoms with Gasteiger partial charge in [0, 0.05) is 0 Å². The molecule has 1 rings (SSSR count). The Bertz CT molecular complexity index is 686. The standard InChI is InChI=1S/C25H30/c1-7-13-22(14-8-2)25(23(15-9-3)16-10-4)21(6)24-18-12-11-17-20(5)19-24/h7-20H,1,3H2,2,4-6H3/b14-8-,16-10-,22-13+,23-15+. The van der Waals surface area contributed by atoms with Gasteiger partial charge in [0.1, 0.15) is 0 Å². The third kappa shape index (κ3) is 6.08. The molecule has 0 amide bonds. The molecule has 0 nitrogen and oxygen atoms in total. The summed E-state index contributed by atoms with van der Waals surface area (Å²) in [6.45, 7) is 16.2. The molecule has 1 aliphatic rings. The predicted octanol–water partition coefficient (Wildman–Crippen LogP) is 7.37. The van der Waals surface area contributed by atoms with Crippen molar-refractivity contribution in [1.29, 1.82) is 0 Å². The monoisotopic (exact) mass is 330 g/mol. The topological polar surface area (TPSA) is 0 Å². The van der Waals surface area contributed by atoms with Gasteiger partial charge in [0.05, 0.1) is 0 Å². The van der Waals surface area contributed by atoms with Crippen LogP contribution in [0.15, 0.2) is 120 Å². The molecule has 0 saturated carbocycles. The minimum absolute atomic E-state index is 0.406. The Morgan fingerprint density at radius 2 is 1.52 bits per heavy atom. The van der Waals surface area contributed by atoms with Crippen molar-refractivity contribution in [3.8, 4) is 0 Å². The first kappa shape index (κ1) is 20.4. The molecule has 0 aromatic carbocycles. The molecular formula is C25H30. The summed E-state index contributed by atoms with van der Waals surface area (Å²) in [5, 5.41) is 0. The summed E-state index contributed by atoms with van der Waals surface area (Å²) >= 11 is 0. The van der Waals surface area contributed by atoms with Crippen molar-refractivity contribution < 1.29 is 0 Å². The molecular weight excluding hydrogens is 300 g/mol. The molecule has 130 valence electrons. The van der Waals surface area contributed by atoms with Crippen molar-refractivity contribution in [3.63, 3.8) is 0 Å². The Labute approximate surface area is 154 Å². The Kier molecular flexibility index (Phi) is 9.03. The number of hydrogen-bond acceptors (Lipinski definition) is 0. The molecule has 0 bridgehead atoms. The molecule has 0 saturated heterocycles. The first-order valence-corrected chi connectivity index (χ1v) is 8.78. The van der Waals surface area contributed by atoms with E-state index in [1.807, 2.05) is 26.0 Å². The van der Waals surface area contributed by atoms with Crippen molar-refractivity contribution in [2.24, 2.45) is 5.92 Å². The number of allylic oxidation sites excluding steroid dienone is 18. The molecule has 0 radical (unpaired) electrons. The Morgan fingerprint density at radius 1 is 0.960 bits per heavy atom. The molecule has 1 atom stereocenters. The summed E-state index contributed by atoms with van der Waals surface area (Å²) in [7, 11) is 0. The lowest BCUT2D eigenvalue weighted by Gasteiger charge is -2.17. The van der Waals surface area contributed by atoms with Gasteiger partial charge in [-0.3, -0.25) is 0 Å². The van der Waals surface area contributed by atoms with Crippen LogP contribution >= 0.6 is 0 Å². The van der Waals surface area contributed by atoms with Gasteiger partial charge in [0.15, 0.2) is 0 Å². The van der Waals surface area contributed by atoms with E-state index in [-0.39, 0.29) is 0 Å². The highest BCUT2D eigenvalue weighted by Crippen LogP contribution is 2.31. The van der Waals surface area contributed by atoms with Crippen LogP contribution in [-0.4, -0.2) is 0 Å². The fourth-order valence-electron chi connectivity index (χ4n) is 2.84. The summed E-state index contributed by atoms with van der Waals surface area (Å²) in [5.74, 6) is 0.406. The first-order valence-electron chi connectivity index (χ1n) is 8.78. The van der Waals surface area contributed by atoms with Crippen LogP contribution in [0.2, 0.25) is 0 Å². The van der Waals surface area contributed by atoms with E-state index in [0.29, 0.717) is 5.92 Å². The van der Waals surface area contributed by atoms with Crippen LogP contribution < -0.4 is 0 Å². The second-order valence-corrected chi connectivity index (χ2v) is 5.94. The molecule has 0 aliphatic heterocycles. The molecule has 1 unspecified atom stereocenters. The van der Waals surface area contributed by atoms with Crippen molar-refractivity contribution in [2.45, 2.75) is 27.7 Å². The zero-order valence-corrected chi connectivity index (χ0v) is 16.0. The third-order valence-electron chi connectivity index (χ3n) is 3.92. The van der Waals surface area contributed by atoms with Gasteiger partial charge in [-0.05, 0) is 54.6 Å². The fraction of sp³-hybridized carbons (Fsp3) is 0.200. The second-order valence-electron chi connectivity index (χ2n) is 5.94. The number of hydrogen-bond donors (Lipinski definition) is 0. The van der Waals surface area contributed by atoms with E-state index >= 15 is 0 Å². The van der Waals surface area contributed by atoms with E-state index in [4.69, 9.17) is 0 Å². The van der Waals surface area contributed by atoms with E-state index in [9.17, 15) is 0 Å². The van der Waals surface area contributed by atoms with Crippen LogP contribution in [-0.2, 0) is 0 Å². The fourth-order valence-corrected chi connectivity index (χ4v) is 2.84. The van der Waals surface area contributed by atoms with Crippen LogP contribution in [0.5, 0.6) is 0 Å². The average molecular weight is 331 g/mol. The van der Waals surface area contributed by atoms with E-state index < -0.39 is 0 Å². The van der Waals surface area contributed by atoms with Crippen LogP contribution in [0.1, 0.15) is 27.7 Å². The Hall–Kier alpha value is -2.60. The summed E-state index contributed by atoms with van der Waals surface area (Å²) in [4.78, 5) is 0. The van der Waals surface area contributed by atoms with E-state index in [1.165, 1.54) is 16.7 Å². The van der Waals surface area contributed by atoms with Gasteiger partial charge in [-0.1, -0.05) is 99.1 Å². The largest absolute Gasteiger partial charge is 0.0990 e. The average Bonchev–Trinajstić information content (AvgIpc) is 2.80. The van der Waals surface area contributed by atoms with Gasteiger partial charge in [0.2, 0.25) is 0 Å². The second kappa shape index (κ2) is 11.0. The minimum Gasteiger partial charge on any atom is -0.0990 e. The van der Waals surface area contributed by atoms with E-state index in [2.05, 4.69) is 93.8 Å². The molecule has 0 spiro atoms. The van der Waals surface area contributed by atoms with E-state index in [0.717, 1.165) is 11.1 Å². The van der Waals surface area contributed by atoms with Gasteiger partial charge >= 0.3 is 0 Å². The molecule has 0 aromatic heterocycles.